The molecule has 2 unspecified atom stereocenters. The highest BCUT2D eigenvalue weighted by molar-refractivity contribution is 5.97. The lowest BCUT2D eigenvalue weighted by atomic mass is 10.2. The van der Waals surface area contributed by atoms with Gasteiger partial charge in [0.15, 0.2) is 0 Å². The molecule has 92 valence electrons. The normalized spacial score (nSPS) is 13.7. The molecule has 2 atom stereocenters. The molecule has 0 radical (unpaired) electrons. The van der Waals surface area contributed by atoms with Gasteiger partial charge in [-0.05, 0) is 20.8 Å². The lowest BCUT2D eigenvalue weighted by Crippen LogP contribution is -2.51. The van der Waals surface area contributed by atoms with Gasteiger partial charge in [0.05, 0.1) is 6.04 Å². The molecule has 0 aliphatic heterocycles. The molecule has 0 saturated carbocycles. The van der Waals surface area contributed by atoms with Crippen LogP contribution in [-0.2, 0) is 9.59 Å². The third kappa shape index (κ3) is 5.30. The van der Waals surface area contributed by atoms with Crippen molar-refractivity contribution in [2.45, 2.75) is 32.9 Å². The second-order valence-electron chi connectivity index (χ2n) is 3.30. The second kappa shape index (κ2) is 6.78. The number of aliphatic carboxylic acids is 1. The van der Waals surface area contributed by atoms with Gasteiger partial charge in [0.25, 0.3) is 0 Å². The van der Waals surface area contributed by atoms with Gasteiger partial charge in [0.2, 0.25) is 5.91 Å². The van der Waals surface area contributed by atoms with Crippen molar-refractivity contribution in [1.29, 1.82) is 0 Å². The molecule has 0 rings (SSSR count). The molecule has 0 aliphatic carbocycles. The van der Waals surface area contributed by atoms with Crippen LogP contribution in [-0.4, -0.2) is 41.6 Å². The summed E-state index contributed by atoms with van der Waals surface area (Å²) in [6.45, 7) is 5.02. The van der Waals surface area contributed by atoms with E-state index in [9.17, 15) is 14.4 Å². The van der Waals surface area contributed by atoms with Crippen molar-refractivity contribution in [2.24, 2.45) is 0 Å². The van der Waals surface area contributed by atoms with E-state index >= 15 is 0 Å². The van der Waals surface area contributed by atoms with Crippen molar-refractivity contribution in [3.05, 3.63) is 0 Å². The van der Waals surface area contributed by atoms with Gasteiger partial charge in [-0.3, -0.25) is 20.2 Å². The number of amides is 3. The summed E-state index contributed by atoms with van der Waals surface area (Å²) in [7, 11) is 0. The first kappa shape index (κ1) is 14.4. The Bertz CT molecular complexity index is 280. The van der Waals surface area contributed by atoms with E-state index in [1.807, 2.05) is 0 Å². The number of hydrogen-bond acceptors (Lipinski definition) is 4. The average molecular weight is 231 g/mol. The summed E-state index contributed by atoms with van der Waals surface area (Å²) in [6.07, 6.45) is 0. The summed E-state index contributed by atoms with van der Waals surface area (Å²) in [5.74, 6) is -1.63. The Hall–Kier alpha value is -1.63. The number of carbonyl (C=O) groups is 3. The summed E-state index contributed by atoms with van der Waals surface area (Å²) < 4.78 is 0. The first-order valence-corrected chi connectivity index (χ1v) is 4.96. The first-order valence-electron chi connectivity index (χ1n) is 4.96. The van der Waals surface area contributed by atoms with Crippen molar-refractivity contribution in [2.75, 3.05) is 6.54 Å². The number of nitrogens with one attached hydrogen (secondary N) is 3. The van der Waals surface area contributed by atoms with Gasteiger partial charge in [-0.15, -0.1) is 0 Å². The number of carboxylic acids is 1. The smallest absolute Gasteiger partial charge is 0.321 e. The molecule has 4 N–H and O–H groups in total. The highest BCUT2D eigenvalue weighted by Gasteiger charge is 2.20. The van der Waals surface area contributed by atoms with Gasteiger partial charge in [-0.25, -0.2) is 4.79 Å². The molecule has 7 nitrogen and oxygen atoms in total. The minimum absolute atomic E-state index is 0.409. The van der Waals surface area contributed by atoms with Crippen molar-refractivity contribution in [3.63, 3.8) is 0 Å². The predicted octanol–water partition coefficient (Wildman–Crippen LogP) is -0.717. The molecule has 0 aliphatic rings. The second-order valence-corrected chi connectivity index (χ2v) is 3.30. The Kier molecular flexibility index (Phi) is 6.09. The molecule has 7 heteroatoms. The number of imide groups is 1. The van der Waals surface area contributed by atoms with Crippen LogP contribution in [0.4, 0.5) is 4.79 Å². The van der Waals surface area contributed by atoms with Crippen molar-refractivity contribution in [3.8, 4) is 0 Å². The van der Waals surface area contributed by atoms with Crippen LogP contribution >= 0.6 is 0 Å². The third-order valence-corrected chi connectivity index (χ3v) is 1.84. The number of rotatable bonds is 5. The molecule has 0 bridgehead atoms. The molecular formula is C9H17N3O4. The Morgan fingerprint density at radius 1 is 1.19 bits per heavy atom. The van der Waals surface area contributed by atoms with Crippen LogP contribution in [0.2, 0.25) is 0 Å². The summed E-state index contributed by atoms with van der Waals surface area (Å²) in [4.78, 5) is 32.9. The fourth-order valence-electron chi connectivity index (χ4n) is 0.947. The third-order valence-electron chi connectivity index (χ3n) is 1.84. The quantitative estimate of drug-likeness (QED) is 0.499. The zero-order valence-electron chi connectivity index (χ0n) is 9.53. The van der Waals surface area contributed by atoms with Gasteiger partial charge in [-0.1, -0.05) is 0 Å². The van der Waals surface area contributed by atoms with Crippen molar-refractivity contribution in [1.82, 2.24) is 16.0 Å². The monoisotopic (exact) mass is 231 g/mol. The topological polar surface area (TPSA) is 108 Å². The molecule has 0 aromatic heterocycles. The van der Waals surface area contributed by atoms with Crippen LogP contribution < -0.4 is 16.0 Å². The Morgan fingerprint density at radius 3 is 2.19 bits per heavy atom. The van der Waals surface area contributed by atoms with Crippen LogP contribution in [0.3, 0.4) is 0 Å². The van der Waals surface area contributed by atoms with E-state index in [0.717, 1.165) is 0 Å². The number of carboxylic acid groups (broad SMARTS) is 1. The Balaban J connectivity index is 4.08. The van der Waals surface area contributed by atoms with Crippen molar-refractivity contribution < 1.29 is 19.5 Å². The van der Waals surface area contributed by atoms with Gasteiger partial charge in [-0.2, -0.15) is 0 Å². The molecule has 0 aromatic rings. The lowest BCUT2D eigenvalue weighted by Gasteiger charge is -2.16. The lowest BCUT2D eigenvalue weighted by molar-refractivity contribution is -0.139. The maximum absolute atomic E-state index is 11.4. The highest BCUT2D eigenvalue weighted by Crippen LogP contribution is 1.88. The van der Waals surface area contributed by atoms with E-state index in [4.69, 9.17) is 5.11 Å². The number of carbonyl (C=O) groups excluding carboxylic acids is 2. The van der Waals surface area contributed by atoms with Crippen LogP contribution in [0.1, 0.15) is 20.8 Å². The van der Waals surface area contributed by atoms with E-state index in [2.05, 4.69) is 16.0 Å². The van der Waals surface area contributed by atoms with Gasteiger partial charge in [0, 0.05) is 6.54 Å². The van der Waals surface area contributed by atoms with E-state index in [1.54, 1.807) is 6.92 Å². The molecular weight excluding hydrogens is 214 g/mol. The van der Waals surface area contributed by atoms with Crippen LogP contribution in [0.25, 0.3) is 0 Å². The maximum Gasteiger partial charge on any atom is 0.321 e. The molecule has 0 fully saturated rings. The van der Waals surface area contributed by atoms with Crippen LogP contribution in [0, 0.1) is 0 Å². The van der Waals surface area contributed by atoms with Crippen LogP contribution in [0.5, 0.6) is 0 Å². The van der Waals surface area contributed by atoms with Crippen LogP contribution in [0.15, 0.2) is 0 Å². The number of urea groups is 1. The molecule has 0 spiro atoms. The van der Waals surface area contributed by atoms with E-state index < -0.39 is 30.0 Å². The number of hydrogen-bond donors (Lipinski definition) is 4. The Morgan fingerprint density at radius 2 is 1.75 bits per heavy atom. The van der Waals surface area contributed by atoms with Crippen molar-refractivity contribution >= 4 is 17.9 Å². The largest absolute Gasteiger partial charge is 0.480 e. The summed E-state index contributed by atoms with van der Waals surface area (Å²) in [6, 6.07) is -2.20. The van der Waals surface area contributed by atoms with E-state index in [0.29, 0.717) is 6.54 Å². The molecule has 0 heterocycles. The Labute approximate surface area is 93.6 Å². The van der Waals surface area contributed by atoms with E-state index in [1.165, 1.54) is 13.8 Å². The maximum atomic E-state index is 11.4. The van der Waals surface area contributed by atoms with E-state index in [-0.39, 0.29) is 0 Å². The standard InChI is InChI=1S/C9H17N3O4/c1-4-10-9(16)12-7(13)5(2)11-6(3)8(14)15/h5-6,11H,4H2,1-3H3,(H,14,15)(H2,10,12,13,16). The molecule has 3 amide bonds. The zero-order valence-corrected chi connectivity index (χ0v) is 9.53. The first-order chi connectivity index (χ1) is 7.38. The minimum Gasteiger partial charge on any atom is -0.480 e. The summed E-state index contributed by atoms with van der Waals surface area (Å²) >= 11 is 0. The fourth-order valence-corrected chi connectivity index (χ4v) is 0.947. The van der Waals surface area contributed by atoms with Gasteiger partial charge in [0.1, 0.15) is 6.04 Å². The van der Waals surface area contributed by atoms with Gasteiger partial charge >= 0.3 is 12.0 Å². The fraction of sp³-hybridized carbons (Fsp3) is 0.667. The SMILES string of the molecule is CCNC(=O)NC(=O)C(C)NC(C)C(=O)O. The molecule has 0 aromatic carbocycles. The highest BCUT2D eigenvalue weighted by atomic mass is 16.4. The summed E-state index contributed by atoms with van der Waals surface area (Å²) in [5.41, 5.74) is 0. The minimum atomic E-state index is -1.06. The predicted molar refractivity (Wildman–Crippen MR) is 56.9 cm³/mol. The van der Waals surface area contributed by atoms with Gasteiger partial charge < -0.3 is 10.4 Å². The average Bonchev–Trinajstić information content (AvgIpc) is 2.17. The zero-order chi connectivity index (χ0) is 12.7. The molecule has 0 saturated heterocycles. The molecule has 16 heavy (non-hydrogen) atoms. The summed E-state index contributed by atoms with van der Waals surface area (Å²) in [5, 5.41) is 15.6.